The zero-order chi connectivity index (χ0) is 10.1. The van der Waals surface area contributed by atoms with E-state index in [1.165, 1.54) is 25.7 Å². The van der Waals surface area contributed by atoms with Crippen molar-refractivity contribution in [3.8, 4) is 0 Å². The van der Waals surface area contributed by atoms with E-state index >= 15 is 0 Å². The Hall–Kier alpha value is -0.120. The molecule has 0 unspecified atom stereocenters. The Kier molecular flexibility index (Phi) is 7.01. The van der Waals surface area contributed by atoms with Crippen molar-refractivity contribution in [2.45, 2.75) is 38.6 Å². The molecule has 0 aliphatic heterocycles. The molecule has 0 aromatic heterocycles. The molecule has 0 atom stereocenters. The molecule has 1 rings (SSSR count). The summed E-state index contributed by atoms with van der Waals surface area (Å²) in [6, 6.07) is 0.755. The summed E-state index contributed by atoms with van der Waals surface area (Å²) in [6.07, 6.45) is 5.48. The van der Waals surface area contributed by atoms with Crippen LogP contribution in [0, 0.1) is 0 Å². The third kappa shape index (κ3) is 5.58. The minimum Gasteiger partial charge on any atom is -0.379 e. The van der Waals surface area contributed by atoms with E-state index < -0.39 is 0 Å². The molecule has 3 nitrogen and oxygen atoms in total. The maximum Gasteiger partial charge on any atom is 0.0701 e. The first-order valence-corrected chi connectivity index (χ1v) is 5.82. The highest BCUT2D eigenvalue weighted by Crippen LogP contribution is 2.17. The maximum atomic E-state index is 5.41. The molecule has 0 amide bonds. The third-order valence-electron chi connectivity index (χ3n) is 2.61. The normalized spacial score (nSPS) is 17.8. The molecule has 1 saturated carbocycles. The molecule has 14 heavy (non-hydrogen) atoms. The van der Waals surface area contributed by atoms with Gasteiger partial charge in [0, 0.05) is 19.2 Å². The number of hydrogen-bond donors (Lipinski definition) is 1. The van der Waals surface area contributed by atoms with Gasteiger partial charge in [-0.2, -0.15) is 0 Å². The minimum atomic E-state index is 0.722. The average molecular weight is 201 g/mol. The van der Waals surface area contributed by atoms with Crippen molar-refractivity contribution in [2.75, 3.05) is 33.0 Å². The van der Waals surface area contributed by atoms with Crippen molar-refractivity contribution in [1.82, 2.24) is 5.32 Å². The van der Waals surface area contributed by atoms with Crippen LogP contribution in [-0.2, 0) is 9.47 Å². The number of rotatable bonds is 8. The van der Waals surface area contributed by atoms with Crippen LogP contribution in [0.1, 0.15) is 32.6 Å². The van der Waals surface area contributed by atoms with Crippen molar-refractivity contribution < 1.29 is 9.47 Å². The molecular formula is C11H23NO2. The molecule has 0 spiro atoms. The summed E-state index contributed by atoms with van der Waals surface area (Å²) in [5, 5.41) is 3.51. The van der Waals surface area contributed by atoms with E-state index in [0.717, 1.165) is 39.0 Å². The van der Waals surface area contributed by atoms with Gasteiger partial charge in [-0.15, -0.1) is 0 Å². The van der Waals surface area contributed by atoms with Crippen molar-refractivity contribution in [3.05, 3.63) is 0 Å². The highest BCUT2D eigenvalue weighted by Gasteiger charge is 2.12. The number of nitrogens with one attached hydrogen (secondary N) is 1. The fourth-order valence-corrected chi connectivity index (χ4v) is 1.83. The van der Waals surface area contributed by atoms with Gasteiger partial charge < -0.3 is 14.8 Å². The zero-order valence-electron chi connectivity index (χ0n) is 9.26. The molecule has 3 heteroatoms. The van der Waals surface area contributed by atoms with Crippen LogP contribution in [0.4, 0.5) is 0 Å². The second kappa shape index (κ2) is 8.21. The van der Waals surface area contributed by atoms with Gasteiger partial charge in [0.25, 0.3) is 0 Å². The smallest absolute Gasteiger partial charge is 0.0701 e. The maximum absolute atomic E-state index is 5.41. The molecule has 84 valence electrons. The van der Waals surface area contributed by atoms with Crippen LogP contribution in [0.15, 0.2) is 0 Å². The standard InChI is InChI=1S/C11H23NO2/c1-2-13-9-10-14-8-7-12-11-5-3-4-6-11/h11-12H,2-10H2,1H3. The molecule has 1 aliphatic carbocycles. The summed E-state index contributed by atoms with van der Waals surface area (Å²) < 4.78 is 10.6. The topological polar surface area (TPSA) is 30.5 Å². The third-order valence-corrected chi connectivity index (χ3v) is 2.61. The van der Waals surface area contributed by atoms with E-state index in [0.29, 0.717) is 0 Å². The molecule has 1 fully saturated rings. The summed E-state index contributed by atoms with van der Waals surface area (Å²) in [5.74, 6) is 0. The van der Waals surface area contributed by atoms with Crippen LogP contribution in [0.25, 0.3) is 0 Å². The average Bonchev–Trinajstić information content (AvgIpc) is 2.69. The van der Waals surface area contributed by atoms with E-state index in [-0.39, 0.29) is 0 Å². The monoisotopic (exact) mass is 201 g/mol. The number of hydrogen-bond acceptors (Lipinski definition) is 3. The summed E-state index contributed by atoms with van der Waals surface area (Å²) in [4.78, 5) is 0. The highest BCUT2D eigenvalue weighted by molar-refractivity contribution is 4.72. The van der Waals surface area contributed by atoms with E-state index in [2.05, 4.69) is 5.32 Å². The van der Waals surface area contributed by atoms with Gasteiger partial charge in [-0.1, -0.05) is 12.8 Å². The van der Waals surface area contributed by atoms with Gasteiger partial charge in [-0.3, -0.25) is 0 Å². The molecule has 1 N–H and O–H groups in total. The molecular weight excluding hydrogens is 178 g/mol. The van der Waals surface area contributed by atoms with Gasteiger partial charge in [0.15, 0.2) is 0 Å². The summed E-state index contributed by atoms with van der Waals surface area (Å²) in [7, 11) is 0. The van der Waals surface area contributed by atoms with Crippen molar-refractivity contribution >= 4 is 0 Å². The van der Waals surface area contributed by atoms with Crippen molar-refractivity contribution in [3.63, 3.8) is 0 Å². The van der Waals surface area contributed by atoms with Gasteiger partial charge in [0.2, 0.25) is 0 Å². The number of ether oxygens (including phenoxy) is 2. The van der Waals surface area contributed by atoms with Gasteiger partial charge >= 0.3 is 0 Å². The molecule has 0 heterocycles. The lowest BCUT2D eigenvalue weighted by molar-refractivity contribution is 0.0533. The van der Waals surface area contributed by atoms with Crippen molar-refractivity contribution in [2.24, 2.45) is 0 Å². The van der Waals surface area contributed by atoms with Crippen LogP contribution in [-0.4, -0.2) is 39.0 Å². The molecule has 1 aliphatic rings. The largest absolute Gasteiger partial charge is 0.379 e. The quantitative estimate of drug-likeness (QED) is 0.605. The van der Waals surface area contributed by atoms with E-state index in [1.54, 1.807) is 0 Å². The van der Waals surface area contributed by atoms with E-state index in [9.17, 15) is 0 Å². The predicted octanol–water partition coefficient (Wildman–Crippen LogP) is 1.57. The van der Waals surface area contributed by atoms with Crippen LogP contribution < -0.4 is 5.32 Å². The minimum absolute atomic E-state index is 0.722. The first kappa shape index (κ1) is 12.0. The van der Waals surface area contributed by atoms with Crippen LogP contribution in [0.5, 0.6) is 0 Å². The Bertz CT molecular complexity index is 124. The van der Waals surface area contributed by atoms with Gasteiger partial charge in [-0.25, -0.2) is 0 Å². The van der Waals surface area contributed by atoms with Crippen molar-refractivity contribution in [1.29, 1.82) is 0 Å². The second-order valence-electron chi connectivity index (χ2n) is 3.74. The van der Waals surface area contributed by atoms with E-state index in [1.807, 2.05) is 6.92 Å². The van der Waals surface area contributed by atoms with E-state index in [4.69, 9.17) is 9.47 Å². The Labute approximate surface area is 87.2 Å². The van der Waals surface area contributed by atoms with Crippen LogP contribution in [0.2, 0.25) is 0 Å². The lowest BCUT2D eigenvalue weighted by Crippen LogP contribution is -2.29. The predicted molar refractivity (Wildman–Crippen MR) is 57.6 cm³/mol. The first-order valence-electron chi connectivity index (χ1n) is 5.82. The molecule has 0 radical (unpaired) electrons. The molecule has 0 aromatic rings. The fraction of sp³-hybridized carbons (Fsp3) is 1.00. The fourth-order valence-electron chi connectivity index (χ4n) is 1.83. The summed E-state index contributed by atoms with van der Waals surface area (Å²) in [5.41, 5.74) is 0. The highest BCUT2D eigenvalue weighted by atomic mass is 16.5. The lowest BCUT2D eigenvalue weighted by atomic mass is 10.2. The molecule has 0 bridgehead atoms. The Morgan fingerprint density at radius 1 is 1.07 bits per heavy atom. The Morgan fingerprint density at radius 3 is 2.50 bits per heavy atom. The Balaban J connectivity index is 1.75. The van der Waals surface area contributed by atoms with Crippen LogP contribution in [0.3, 0.4) is 0 Å². The van der Waals surface area contributed by atoms with Crippen LogP contribution >= 0.6 is 0 Å². The second-order valence-corrected chi connectivity index (χ2v) is 3.74. The summed E-state index contributed by atoms with van der Waals surface area (Å²) in [6.45, 7) is 6.02. The SMILES string of the molecule is CCOCCOCCNC1CCCC1. The van der Waals surface area contributed by atoms with Gasteiger partial charge in [-0.05, 0) is 19.8 Å². The van der Waals surface area contributed by atoms with Gasteiger partial charge in [0.1, 0.15) is 0 Å². The lowest BCUT2D eigenvalue weighted by Gasteiger charge is -2.11. The first-order chi connectivity index (χ1) is 6.93. The Morgan fingerprint density at radius 2 is 1.79 bits per heavy atom. The molecule has 0 aromatic carbocycles. The van der Waals surface area contributed by atoms with Gasteiger partial charge in [0.05, 0.1) is 19.8 Å². The molecule has 0 saturated heterocycles. The summed E-state index contributed by atoms with van der Waals surface area (Å²) >= 11 is 0. The zero-order valence-corrected chi connectivity index (χ0v) is 9.26.